The molecule has 14 heavy (non-hydrogen) atoms. The van der Waals surface area contributed by atoms with E-state index in [0.717, 1.165) is 38.3 Å². The van der Waals surface area contributed by atoms with Gasteiger partial charge >= 0.3 is 0 Å². The van der Waals surface area contributed by atoms with Crippen LogP contribution in [0, 0.1) is 11.8 Å². The van der Waals surface area contributed by atoms with Crippen LogP contribution in [-0.2, 0) is 4.79 Å². The van der Waals surface area contributed by atoms with E-state index in [9.17, 15) is 4.79 Å². The second-order valence-electron chi connectivity index (χ2n) is 4.47. The first-order valence-corrected chi connectivity index (χ1v) is 5.27. The summed E-state index contributed by atoms with van der Waals surface area (Å²) in [6.45, 7) is 4.21. The minimum absolute atomic E-state index is 0. The molecule has 1 heterocycles. The summed E-state index contributed by atoms with van der Waals surface area (Å²) in [6, 6.07) is 0.392. The molecule has 2 aliphatic rings. The Labute approximate surface area is 91.4 Å². The molecule has 1 unspecified atom stereocenters. The first-order valence-electron chi connectivity index (χ1n) is 5.27. The van der Waals surface area contributed by atoms with Crippen LogP contribution < -0.4 is 10.6 Å². The molecule has 1 amide bonds. The van der Waals surface area contributed by atoms with E-state index < -0.39 is 0 Å². The molecule has 4 heteroatoms. The molecule has 1 aliphatic heterocycles. The molecule has 0 spiro atoms. The monoisotopic (exact) mass is 218 g/mol. The molecule has 0 radical (unpaired) electrons. The molecule has 1 atom stereocenters. The predicted molar refractivity (Wildman–Crippen MR) is 58.6 cm³/mol. The van der Waals surface area contributed by atoms with Crippen molar-refractivity contribution in [3.63, 3.8) is 0 Å². The van der Waals surface area contributed by atoms with Crippen LogP contribution in [0.5, 0.6) is 0 Å². The summed E-state index contributed by atoms with van der Waals surface area (Å²) in [5.41, 5.74) is 0. The first kappa shape index (κ1) is 11.8. The Morgan fingerprint density at radius 2 is 2.14 bits per heavy atom. The van der Waals surface area contributed by atoms with Crippen LogP contribution in [0.4, 0.5) is 0 Å². The minimum atomic E-state index is 0. The SMILES string of the molecule is CC1CC(C(=O)NC2CCNC2)C1.Cl. The van der Waals surface area contributed by atoms with Gasteiger partial charge in [0.2, 0.25) is 5.91 Å². The van der Waals surface area contributed by atoms with Crippen molar-refractivity contribution in [2.75, 3.05) is 13.1 Å². The molecule has 2 rings (SSSR count). The summed E-state index contributed by atoms with van der Waals surface area (Å²) >= 11 is 0. The third-order valence-corrected chi connectivity index (χ3v) is 3.15. The van der Waals surface area contributed by atoms with Gasteiger partial charge in [0.15, 0.2) is 0 Å². The van der Waals surface area contributed by atoms with Gasteiger partial charge in [0.25, 0.3) is 0 Å². The highest BCUT2D eigenvalue weighted by atomic mass is 35.5. The smallest absolute Gasteiger partial charge is 0.223 e. The molecule has 1 saturated heterocycles. The van der Waals surface area contributed by atoms with Crippen LogP contribution >= 0.6 is 12.4 Å². The third-order valence-electron chi connectivity index (χ3n) is 3.15. The molecule has 2 fully saturated rings. The van der Waals surface area contributed by atoms with Crippen LogP contribution in [-0.4, -0.2) is 25.0 Å². The van der Waals surface area contributed by atoms with Gasteiger partial charge in [0.05, 0.1) is 0 Å². The maximum atomic E-state index is 11.6. The predicted octanol–water partition coefficient (Wildman–Crippen LogP) is 0.932. The van der Waals surface area contributed by atoms with Crippen molar-refractivity contribution in [3.05, 3.63) is 0 Å². The van der Waals surface area contributed by atoms with Crippen molar-refractivity contribution >= 4 is 18.3 Å². The zero-order chi connectivity index (χ0) is 9.26. The van der Waals surface area contributed by atoms with Gasteiger partial charge in [0.1, 0.15) is 0 Å². The van der Waals surface area contributed by atoms with Gasteiger partial charge in [-0.25, -0.2) is 0 Å². The molecule has 3 nitrogen and oxygen atoms in total. The lowest BCUT2D eigenvalue weighted by atomic mass is 9.75. The van der Waals surface area contributed by atoms with Crippen LogP contribution in [0.1, 0.15) is 26.2 Å². The average Bonchev–Trinajstić information content (AvgIpc) is 2.51. The second kappa shape index (κ2) is 4.99. The van der Waals surface area contributed by atoms with Gasteiger partial charge in [-0.15, -0.1) is 12.4 Å². The Balaban J connectivity index is 0.000000980. The molecule has 1 aliphatic carbocycles. The molecule has 2 N–H and O–H groups in total. The maximum absolute atomic E-state index is 11.6. The minimum Gasteiger partial charge on any atom is -0.352 e. The topological polar surface area (TPSA) is 41.1 Å². The standard InChI is InChI=1S/C10H18N2O.ClH/c1-7-4-8(5-7)10(13)12-9-2-3-11-6-9;/h7-9,11H,2-6H2,1H3,(H,12,13);1H. The van der Waals surface area contributed by atoms with Crippen molar-refractivity contribution in [2.45, 2.75) is 32.2 Å². The van der Waals surface area contributed by atoms with E-state index in [1.54, 1.807) is 0 Å². The normalized spacial score (nSPS) is 35.6. The lowest BCUT2D eigenvalue weighted by Crippen LogP contribution is -2.43. The second-order valence-corrected chi connectivity index (χ2v) is 4.47. The van der Waals surface area contributed by atoms with Gasteiger partial charge in [-0.1, -0.05) is 6.92 Å². The lowest BCUT2D eigenvalue weighted by Gasteiger charge is -2.32. The first-order chi connectivity index (χ1) is 6.25. The number of rotatable bonds is 2. The third kappa shape index (κ3) is 2.61. The van der Waals surface area contributed by atoms with Crippen LogP contribution in [0.25, 0.3) is 0 Å². The van der Waals surface area contributed by atoms with Crippen molar-refractivity contribution in [1.29, 1.82) is 0 Å². The zero-order valence-electron chi connectivity index (χ0n) is 8.58. The molecule has 0 aromatic carbocycles. The lowest BCUT2D eigenvalue weighted by molar-refractivity contribution is -0.129. The highest BCUT2D eigenvalue weighted by Crippen LogP contribution is 2.33. The fraction of sp³-hybridized carbons (Fsp3) is 0.900. The number of carbonyl (C=O) groups is 1. The van der Waals surface area contributed by atoms with Crippen LogP contribution in [0.15, 0.2) is 0 Å². The Bertz CT molecular complexity index is 198. The number of hydrogen-bond acceptors (Lipinski definition) is 2. The maximum Gasteiger partial charge on any atom is 0.223 e. The van der Waals surface area contributed by atoms with E-state index >= 15 is 0 Å². The summed E-state index contributed by atoms with van der Waals surface area (Å²) in [4.78, 5) is 11.6. The number of carbonyl (C=O) groups excluding carboxylic acids is 1. The molecule has 0 aromatic heterocycles. The fourth-order valence-electron chi connectivity index (χ4n) is 2.21. The van der Waals surface area contributed by atoms with Gasteiger partial charge in [-0.3, -0.25) is 4.79 Å². The van der Waals surface area contributed by atoms with E-state index in [4.69, 9.17) is 0 Å². The number of amides is 1. The van der Waals surface area contributed by atoms with E-state index in [1.165, 1.54) is 0 Å². The summed E-state index contributed by atoms with van der Waals surface area (Å²) in [5, 5.41) is 6.35. The summed E-state index contributed by atoms with van der Waals surface area (Å²) in [7, 11) is 0. The quantitative estimate of drug-likeness (QED) is 0.724. The Morgan fingerprint density at radius 3 is 2.64 bits per heavy atom. The summed E-state index contributed by atoms with van der Waals surface area (Å²) in [5.74, 6) is 1.36. The molecular formula is C10H19ClN2O. The van der Waals surface area contributed by atoms with Gasteiger partial charge in [-0.2, -0.15) is 0 Å². The largest absolute Gasteiger partial charge is 0.352 e. The van der Waals surface area contributed by atoms with Gasteiger partial charge < -0.3 is 10.6 Å². The highest BCUT2D eigenvalue weighted by Gasteiger charge is 2.32. The van der Waals surface area contributed by atoms with Crippen molar-refractivity contribution in [3.8, 4) is 0 Å². The van der Waals surface area contributed by atoms with Gasteiger partial charge in [-0.05, 0) is 31.7 Å². The van der Waals surface area contributed by atoms with Crippen LogP contribution in [0.2, 0.25) is 0 Å². The van der Waals surface area contributed by atoms with E-state index in [0.29, 0.717) is 12.0 Å². The number of nitrogens with one attached hydrogen (secondary N) is 2. The van der Waals surface area contributed by atoms with E-state index in [-0.39, 0.29) is 18.3 Å². The molecule has 0 aromatic rings. The van der Waals surface area contributed by atoms with E-state index in [1.807, 2.05) is 0 Å². The zero-order valence-corrected chi connectivity index (χ0v) is 9.40. The van der Waals surface area contributed by atoms with Crippen molar-refractivity contribution in [2.24, 2.45) is 11.8 Å². The van der Waals surface area contributed by atoms with Crippen molar-refractivity contribution < 1.29 is 4.79 Å². The molecule has 1 saturated carbocycles. The summed E-state index contributed by atoms with van der Waals surface area (Å²) < 4.78 is 0. The van der Waals surface area contributed by atoms with E-state index in [2.05, 4.69) is 17.6 Å². The Kier molecular flexibility index (Phi) is 4.20. The fourth-order valence-corrected chi connectivity index (χ4v) is 2.21. The number of halogens is 1. The molecular weight excluding hydrogens is 200 g/mol. The van der Waals surface area contributed by atoms with Crippen LogP contribution in [0.3, 0.4) is 0 Å². The van der Waals surface area contributed by atoms with Gasteiger partial charge in [0, 0.05) is 18.5 Å². The average molecular weight is 219 g/mol. The molecule has 0 bridgehead atoms. The Morgan fingerprint density at radius 1 is 1.43 bits per heavy atom. The molecule has 82 valence electrons. The van der Waals surface area contributed by atoms with Crippen molar-refractivity contribution in [1.82, 2.24) is 10.6 Å². The summed E-state index contributed by atoms with van der Waals surface area (Å²) in [6.07, 6.45) is 3.27. The Hall–Kier alpha value is -0.280. The number of hydrogen-bond donors (Lipinski definition) is 2. The highest BCUT2D eigenvalue weighted by molar-refractivity contribution is 5.85.